The maximum atomic E-state index is 11.1. The Bertz CT molecular complexity index is 1830. The molecule has 6 aromatic heterocycles. The molecule has 6 heterocycles. The van der Waals surface area contributed by atoms with Crippen LogP contribution in [-0.4, -0.2) is 84.3 Å². The first-order chi connectivity index (χ1) is 23.1. The number of rotatable bonds is 6. The van der Waals surface area contributed by atoms with Gasteiger partial charge in [0.25, 0.3) is 0 Å². The highest BCUT2D eigenvalue weighted by molar-refractivity contribution is 7.09. The number of carbonyl (C=O) groups is 3. The largest absolute Gasteiger partial charge is 0.489 e. The number of carboxylic acid groups (broad SMARTS) is 1. The molecule has 0 bridgehead atoms. The van der Waals surface area contributed by atoms with Crippen molar-refractivity contribution < 1.29 is 39.0 Å². The van der Waals surface area contributed by atoms with Crippen molar-refractivity contribution in [2.45, 2.75) is 7.43 Å². The summed E-state index contributed by atoms with van der Waals surface area (Å²) < 4.78 is 8.92. The molecule has 0 saturated carbocycles. The fourth-order valence-corrected chi connectivity index (χ4v) is 5.11. The SMILES string of the molecule is C.COC(=O)c1cnc(-c2ccsc2)cn1.COC(=O)c1cnc(Cl)cn1.O=C(O)c1cnc(-c2ccsc2)cn1.OB(O)c1ccsc1. The summed E-state index contributed by atoms with van der Waals surface area (Å²) in [6, 6.07) is 5.54. The molecular weight excluding hydrogens is 715 g/mol. The minimum absolute atomic E-state index is 0. The van der Waals surface area contributed by atoms with Gasteiger partial charge in [-0.1, -0.05) is 25.1 Å². The van der Waals surface area contributed by atoms with E-state index < -0.39 is 25.0 Å². The van der Waals surface area contributed by atoms with Gasteiger partial charge in [-0.15, -0.1) is 0 Å². The summed E-state index contributed by atoms with van der Waals surface area (Å²) in [6.45, 7) is 0. The van der Waals surface area contributed by atoms with Crippen molar-refractivity contribution in [1.29, 1.82) is 0 Å². The Morgan fingerprint density at radius 1 is 0.653 bits per heavy atom. The van der Waals surface area contributed by atoms with Crippen molar-refractivity contribution >= 4 is 76.1 Å². The molecule has 0 saturated heterocycles. The van der Waals surface area contributed by atoms with Gasteiger partial charge in [-0.2, -0.15) is 34.0 Å². The van der Waals surface area contributed by atoms with E-state index in [9.17, 15) is 14.4 Å². The van der Waals surface area contributed by atoms with E-state index in [1.54, 1.807) is 45.7 Å². The quantitative estimate of drug-likeness (QED) is 0.154. The van der Waals surface area contributed by atoms with Crippen LogP contribution in [0.5, 0.6) is 0 Å². The zero-order valence-electron chi connectivity index (χ0n) is 24.9. The first kappa shape index (κ1) is 40.2. The molecule has 0 radical (unpaired) electrons. The number of aromatic carboxylic acids is 1. The molecule has 3 N–H and O–H groups in total. The molecule has 0 aliphatic carbocycles. The summed E-state index contributed by atoms with van der Waals surface area (Å²) in [5.74, 6) is -2.05. The number of hydrogen-bond acceptors (Lipinski definition) is 16. The predicted octanol–water partition coefficient (Wildman–Crippen LogP) is 4.88. The number of nitrogens with zero attached hydrogens (tertiary/aromatic N) is 6. The molecule has 0 aliphatic rings. The lowest BCUT2D eigenvalue weighted by Gasteiger charge is -1.99. The topological polar surface area (TPSA) is 208 Å². The number of ether oxygens (including phenoxy) is 2. The highest BCUT2D eigenvalue weighted by Crippen LogP contribution is 2.19. The molecule has 0 amide bonds. The van der Waals surface area contributed by atoms with Crippen LogP contribution in [0.25, 0.3) is 22.5 Å². The highest BCUT2D eigenvalue weighted by atomic mass is 35.5. The van der Waals surface area contributed by atoms with Crippen LogP contribution in [-0.2, 0) is 9.47 Å². The molecule has 0 aromatic carbocycles. The fraction of sp³-hybridized carbons (Fsp3) is 0.100. The standard InChI is InChI=1S/C10H8N2O2S.C9H6N2O2S.C6H5ClN2O2.C4H5BO2S.CH4/c1-14-10(13)9-5-11-8(4-12-9)7-2-3-15-6-7;12-9(13)8-4-10-7(3-11-8)6-1-2-14-5-6;1-11-6(10)4-2-9-5(7)3-8-4;6-5(7)4-1-2-8-3-4;/h2-6H,1H3;1-5H,(H,12,13);2-3H,1H3;1-3,6-7H;1H4. The molecule has 0 aliphatic heterocycles. The number of thiophene rings is 3. The molecule has 6 aromatic rings. The first-order valence-electron chi connectivity index (χ1n) is 13.1. The number of hydrogen-bond donors (Lipinski definition) is 3. The van der Waals surface area contributed by atoms with E-state index in [0.717, 1.165) is 16.8 Å². The van der Waals surface area contributed by atoms with Gasteiger partial charge in [0.05, 0.1) is 62.8 Å². The Balaban J connectivity index is 0.000000231. The second-order valence-electron chi connectivity index (χ2n) is 8.54. The van der Waals surface area contributed by atoms with Crippen LogP contribution in [0.1, 0.15) is 38.9 Å². The third kappa shape index (κ3) is 13.2. The second-order valence-corrected chi connectivity index (χ2v) is 11.3. The van der Waals surface area contributed by atoms with Crippen molar-refractivity contribution in [2.24, 2.45) is 0 Å². The summed E-state index contributed by atoms with van der Waals surface area (Å²) in [5, 5.41) is 37.1. The summed E-state index contributed by atoms with van der Waals surface area (Å²) in [6.07, 6.45) is 8.25. The van der Waals surface area contributed by atoms with E-state index in [0.29, 0.717) is 11.2 Å². The molecular formula is C30H28BClN6O8S3. The van der Waals surface area contributed by atoms with Gasteiger partial charge in [0.15, 0.2) is 17.1 Å². The minimum Gasteiger partial charge on any atom is -0.476 e. The predicted molar refractivity (Wildman–Crippen MR) is 188 cm³/mol. The first-order valence-corrected chi connectivity index (χ1v) is 16.3. The second kappa shape index (κ2) is 21.1. The Morgan fingerprint density at radius 3 is 1.41 bits per heavy atom. The number of halogens is 1. The van der Waals surface area contributed by atoms with Crippen molar-refractivity contribution in [3.05, 3.63) is 110 Å². The zero-order valence-corrected chi connectivity index (χ0v) is 28.1. The van der Waals surface area contributed by atoms with Gasteiger partial charge >= 0.3 is 25.0 Å². The lowest BCUT2D eigenvalue weighted by molar-refractivity contribution is 0.0584. The molecule has 0 spiro atoms. The Labute approximate surface area is 297 Å². The number of methoxy groups -OCH3 is 2. The molecule has 0 fully saturated rings. The van der Waals surface area contributed by atoms with Crippen molar-refractivity contribution in [3.8, 4) is 22.5 Å². The van der Waals surface area contributed by atoms with E-state index in [1.165, 1.54) is 56.5 Å². The smallest absolute Gasteiger partial charge is 0.476 e. The van der Waals surface area contributed by atoms with Crippen molar-refractivity contribution in [1.82, 2.24) is 29.9 Å². The summed E-state index contributed by atoms with van der Waals surface area (Å²) in [5.41, 5.74) is 4.30. The Kier molecular flexibility index (Phi) is 17.3. The van der Waals surface area contributed by atoms with Crippen LogP contribution >= 0.6 is 45.6 Å². The Morgan fingerprint density at radius 2 is 1.10 bits per heavy atom. The van der Waals surface area contributed by atoms with Crippen molar-refractivity contribution in [3.63, 3.8) is 0 Å². The molecule has 14 nitrogen and oxygen atoms in total. The zero-order chi connectivity index (χ0) is 34.9. The summed E-state index contributed by atoms with van der Waals surface area (Å²) in [7, 11) is 1.29. The number of carbonyl (C=O) groups excluding carboxylic acids is 2. The van der Waals surface area contributed by atoms with E-state index in [4.69, 9.17) is 26.8 Å². The van der Waals surface area contributed by atoms with Crippen LogP contribution in [0.4, 0.5) is 0 Å². The van der Waals surface area contributed by atoms with E-state index in [2.05, 4.69) is 39.4 Å². The molecule has 254 valence electrons. The van der Waals surface area contributed by atoms with Gasteiger partial charge in [-0.05, 0) is 39.1 Å². The third-order valence-electron chi connectivity index (χ3n) is 5.41. The molecule has 49 heavy (non-hydrogen) atoms. The van der Waals surface area contributed by atoms with E-state index >= 15 is 0 Å². The van der Waals surface area contributed by atoms with Gasteiger partial charge in [0.2, 0.25) is 0 Å². The number of esters is 2. The summed E-state index contributed by atoms with van der Waals surface area (Å²) in [4.78, 5) is 55.6. The molecule has 19 heteroatoms. The monoisotopic (exact) mass is 742 g/mol. The van der Waals surface area contributed by atoms with Gasteiger partial charge in [0.1, 0.15) is 5.15 Å². The van der Waals surface area contributed by atoms with Crippen LogP contribution in [0, 0.1) is 0 Å². The van der Waals surface area contributed by atoms with Crippen LogP contribution in [0.3, 0.4) is 0 Å². The lowest BCUT2D eigenvalue weighted by Crippen LogP contribution is -2.27. The lowest BCUT2D eigenvalue weighted by atomic mass is 9.83. The van der Waals surface area contributed by atoms with Crippen LogP contribution < -0.4 is 5.46 Å². The fourth-order valence-electron chi connectivity index (χ4n) is 3.04. The van der Waals surface area contributed by atoms with Crippen LogP contribution in [0.2, 0.25) is 5.15 Å². The molecule has 6 rings (SSSR count). The van der Waals surface area contributed by atoms with Gasteiger partial charge in [0, 0.05) is 21.9 Å². The minimum atomic E-state index is -1.30. The third-order valence-corrected chi connectivity index (χ3v) is 7.67. The van der Waals surface area contributed by atoms with Gasteiger partial charge < -0.3 is 24.6 Å². The number of carboxylic acids is 1. The highest BCUT2D eigenvalue weighted by Gasteiger charge is 2.10. The average molecular weight is 743 g/mol. The Hall–Kier alpha value is -4.98. The average Bonchev–Trinajstić information content (AvgIpc) is 3.94. The summed E-state index contributed by atoms with van der Waals surface area (Å²) >= 11 is 10.0. The normalized spacial score (nSPS) is 9.49. The van der Waals surface area contributed by atoms with Crippen molar-refractivity contribution in [2.75, 3.05) is 14.2 Å². The molecule has 0 atom stereocenters. The number of aromatic nitrogens is 6. The van der Waals surface area contributed by atoms with Gasteiger partial charge in [-0.3, -0.25) is 9.97 Å². The van der Waals surface area contributed by atoms with Crippen LogP contribution in [0.15, 0.2) is 87.7 Å². The maximum Gasteiger partial charge on any atom is 0.489 e. The van der Waals surface area contributed by atoms with E-state index in [-0.39, 0.29) is 29.7 Å². The van der Waals surface area contributed by atoms with E-state index in [1.807, 2.05) is 33.7 Å². The maximum absolute atomic E-state index is 11.1. The van der Waals surface area contributed by atoms with Gasteiger partial charge in [-0.25, -0.2) is 34.3 Å². The molecule has 0 unspecified atom stereocenters.